The molecule has 2 fully saturated rings. The van der Waals surface area contributed by atoms with Gasteiger partial charge in [0, 0.05) is 0 Å². The minimum atomic E-state index is -4.37. The molecule has 2 atom stereocenters. The number of hydrogen-bond acceptors (Lipinski definition) is 2. The summed E-state index contributed by atoms with van der Waals surface area (Å²) in [6.07, 6.45) is -4.37. The van der Waals surface area contributed by atoms with Crippen LogP contribution in [0, 0.1) is 0 Å². The fourth-order valence-corrected chi connectivity index (χ4v) is 4.74. The first kappa shape index (κ1) is 18.5. The third-order valence-corrected chi connectivity index (χ3v) is 6.25. The zero-order chi connectivity index (χ0) is 18.0. The van der Waals surface area contributed by atoms with Gasteiger partial charge < -0.3 is 15.1 Å². The number of rotatable bonds is 4. The highest BCUT2D eigenvalue weighted by Gasteiger charge is 2.40. The minimum absolute atomic E-state index is 0.0235. The summed E-state index contributed by atoms with van der Waals surface area (Å²) in [5, 5.41) is 1.73. The molecular formula is C17H24F3N3OS+2. The molecule has 0 bridgehead atoms. The molecule has 2 heterocycles. The number of nitrogens with one attached hydrogen (secondary N) is 1. The summed E-state index contributed by atoms with van der Waals surface area (Å²) < 4.78 is 39.0. The van der Waals surface area contributed by atoms with Crippen molar-refractivity contribution in [3.05, 3.63) is 35.4 Å². The van der Waals surface area contributed by atoms with Gasteiger partial charge in [-0.2, -0.15) is 13.2 Å². The normalized spacial score (nSPS) is 25.6. The van der Waals surface area contributed by atoms with Crippen LogP contribution in [0.4, 0.5) is 13.2 Å². The zero-order valence-electron chi connectivity index (χ0n) is 14.2. The van der Waals surface area contributed by atoms with E-state index < -0.39 is 11.7 Å². The van der Waals surface area contributed by atoms with E-state index in [-0.39, 0.29) is 16.5 Å². The van der Waals surface area contributed by atoms with Crippen molar-refractivity contribution in [1.29, 1.82) is 0 Å². The molecule has 3 N–H and O–H groups in total. The van der Waals surface area contributed by atoms with Gasteiger partial charge in [0.2, 0.25) is 5.91 Å². The quantitative estimate of drug-likeness (QED) is 0.786. The second-order valence-corrected chi connectivity index (χ2v) is 8.08. The van der Waals surface area contributed by atoms with Crippen LogP contribution in [0.25, 0.3) is 0 Å². The molecule has 2 saturated heterocycles. The van der Waals surface area contributed by atoms with E-state index in [0.717, 1.165) is 38.8 Å². The molecule has 138 valence electrons. The smallest absolute Gasteiger partial charge is 0.337 e. The Morgan fingerprint density at radius 1 is 1.32 bits per heavy atom. The van der Waals surface area contributed by atoms with E-state index in [9.17, 15) is 18.0 Å². The Morgan fingerprint density at radius 2 is 2.04 bits per heavy atom. The number of nitrogens with zero attached hydrogens (tertiary/aromatic N) is 1. The average molecular weight is 375 g/mol. The molecule has 8 heteroatoms. The number of hydrogen-bond donors (Lipinski definition) is 2. The molecule has 1 aromatic rings. The van der Waals surface area contributed by atoms with Crippen molar-refractivity contribution in [2.24, 2.45) is 0 Å². The van der Waals surface area contributed by atoms with Crippen molar-refractivity contribution in [3.8, 4) is 0 Å². The lowest BCUT2D eigenvalue weighted by atomic mass is 10.1. The predicted molar refractivity (Wildman–Crippen MR) is 90.2 cm³/mol. The van der Waals surface area contributed by atoms with Gasteiger partial charge in [0.05, 0.1) is 23.9 Å². The van der Waals surface area contributed by atoms with Crippen LogP contribution in [0.5, 0.6) is 0 Å². The second kappa shape index (κ2) is 7.55. The molecule has 0 unspecified atom stereocenters. The molecule has 0 saturated carbocycles. The van der Waals surface area contributed by atoms with Gasteiger partial charge in [-0.3, -0.25) is 4.79 Å². The van der Waals surface area contributed by atoms with Crippen LogP contribution in [0.15, 0.2) is 24.3 Å². The molecule has 4 nitrogen and oxygen atoms in total. The number of carbonyl (C=O) groups excluding carboxylic acids is 1. The maximum atomic E-state index is 13.0. The molecule has 1 aromatic carbocycles. The van der Waals surface area contributed by atoms with E-state index >= 15 is 0 Å². The zero-order valence-corrected chi connectivity index (χ0v) is 15.0. The van der Waals surface area contributed by atoms with Gasteiger partial charge in [-0.05, 0) is 24.6 Å². The molecule has 25 heavy (non-hydrogen) atoms. The fourth-order valence-electron chi connectivity index (χ4n) is 3.44. The summed E-state index contributed by atoms with van der Waals surface area (Å²) in [7, 11) is 0. The molecule has 2 aliphatic rings. The second-order valence-electron chi connectivity index (χ2n) is 6.65. The van der Waals surface area contributed by atoms with E-state index in [1.54, 1.807) is 11.0 Å². The first-order valence-electron chi connectivity index (χ1n) is 8.64. The average Bonchev–Trinajstić information content (AvgIpc) is 2.88. The van der Waals surface area contributed by atoms with Gasteiger partial charge in [0.1, 0.15) is 31.6 Å². The first-order chi connectivity index (χ1) is 11.9. The number of alkyl halides is 3. The Kier molecular flexibility index (Phi) is 5.60. The molecule has 0 radical (unpaired) electrons. The Bertz CT molecular complexity index is 619. The van der Waals surface area contributed by atoms with E-state index in [0.29, 0.717) is 12.1 Å². The lowest BCUT2D eigenvalue weighted by Gasteiger charge is -2.28. The number of benzene rings is 1. The van der Waals surface area contributed by atoms with Gasteiger partial charge in [-0.25, -0.2) is 0 Å². The SMILES string of the molecule is C[C@H]1S[C@H](c2cccc(C(F)(F)F)c2)N(CC[NH+]2CC[NH2+]CC2)C1=O. The van der Waals surface area contributed by atoms with Crippen LogP contribution in [-0.2, 0) is 11.0 Å². The van der Waals surface area contributed by atoms with Crippen molar-refractivity contribution in [3.63, 3.8) is 0 Å². The number of amides is 1. The molecular weight excluding hydrogens is 351 g/mol. The standard InChI is InChI=1S/C17H22F3N3OS/c1-12-15(24)23(10-9-22-7-5-21-6-8-22)16(25-12)13-3-2-4-14(11-13)17(18,19)20/h2-4,11-12,16,21H,5-10H2,1H3/p+2/t12-,16-/m1/s1. The summed E-state index contributed by atoms with van der Waals surface area (Å²) in [5.41, 5.74) is -0.103. The molecule has 0 aliphatic carbocycles. The maximum absolute atomic E-state index is 13.0. The first-order valence-corrected chi connectivity index (χ1v) is 9.59. The van der Waals surface area contributed by atoms with Crippen molar-refractivity contribution in [2.75, 3.05) is 39.3 Å². The van der Waals surface area contributed by atoms with Crippen LogP contribution in [0.3, 0.4) is 0 Å². The van der Waals surface area contributed by atoms with Crippen LogP contribution in [-0.4, -0.2) is 55.3 Å². The number of halogens is 3. The third-order valence-electron chi connectivity index (χ3n) is 4.86. The van der Waals surface area contributed by atoms with E-state index in [4.69, 9.17) is 0 Å². The molecule has 2 aliphatic heterocycles. The van der Waals surface area contributed by atoms with E-state index in [1.807, 2.05) is 6.92 Å². The highest BCUT2D eigenvalue weighted by atomic mass is 32.2. The van der Waals surface area contributed by atoms with Gasteiger partial charge in [-0.1, -0.05) is 12.1 Å². The van der Waals surface area contributed by atoms with Crippen molar-refractivity contribution < 1.29 is 28.2 Å². The topological polar surface area (TPSA) is 41.4 Å². The third kappa shape index (κ3) is 4.30. The number of carbonyl (C=O) groups is 1. The number of quaternary nitrogens is 2. The van der Waals surface area contributed by atoms with Crippen LogP contribution in [0.2, 0.25) is 0 Å². The number of nitrogens with two attached hydrogens (primary N) is 1. The molecule has 3 rings (SSSR count). The maximum Gasteiger partial charge on any atom is 0.416 e. The summed E-state index contributed by atoms with van der Waals surface area (Å²) in [4.78, 5) is 15.7. The number of thioether (sulfide) groups is 1. The molecule has 1 amide bonds. The van der Waals surface area contributed by atoms with Crippen molar-refractivity contribution >= 4 is 17.7 Å². The van der Waals surface area contributed by atoms with Crippen LogP contribution < -0.4 is 10.2 Å². The number of piperazine rings is 1. The van der Waals surface area contributed by atoms with Gasteiger partial charge in [0.15, 0.2) is 0 Å². The van der Waals surface area contributed by atoms with Crippen LogP contribution in [0.1, 0.15) is 23.4 Å². The molecule has 0 spiro atoms. The van der Waals surface area contributed by atoms with Crippen molar-refractivity contribution in [1.82, 2.24) is 4.90 Å². The van der Waals surface area contributed by atoms with Gasteiger partial charge in [0.25, 0.3) is 0 Å². The summed E-state index contributed by atoms with van der Waals surface area (Å²) in [6, 6.07) is 5.37. The fraction of sp³-hybridized carbons (Fsp3) is 0.588. The van der Waals surface area contributed by atoms with Crippen molar-refractivity contribution in [2.45, 2.75) is 23.7 Å². The Hall–Kier alpha value is -1.25. The lowest BCUT2D eigenvalue weighted by molar-refractivity contribution is -0.946. The Labute approximate surface area is 149 Å². The van der Waals surface area contributed by atoms with E-state index in [1.165, 1.54) is 28.8 Å². The monoisotopic (exact) mass is 375 g/mol. The molecule has 0 aromatic heterocycles. The highest BCUT2D eigenvalue weighted by molar-refractivity contribution is 8.01. The minimum Gasteiger partial charge on any atom is -0.337 e. The van der Waals surface area contributed by atoms with Crippen LogP contribution >= 0.6 is 11.8 Å². The predicted octanol–water partition coefficient (Wildman–Crippen LogP) is 0.130. The summed E-state index contributed by atoms with van der Waals surface area (Å²) >= 11 is 1.43. The Balaban J connectivity index is 1.75. The summed E-state index contributed by atoms with van der Waals surface area (Å²) in [5.74, 6) is 0.0235. The van der Waals surface area contributed by atoms with Gasteiger partial charge >= 0.3 is 6.18 Å². The van der Waals surface area contributed by atoms with E-state index in [2.05, 4.69) is 5.32 Å². The lowest BCUT2D eigenvalue weighted by Crippen LogP contribution is -3.20. The Morgan fingerprint density at radius 3 is 2.72 bits per heavy atom. The highest BCUT2D eigenvalue weighted by Crippen LogP contribution is 2.43. The summed E-state index contributed by atoms with van der Waals surface area (Å²) in [6.45, 7) is 7.58. The van der Waals surface area contributed by atoms with Gasteiger partial charge in [-0.15, -0.1) is 11.8 Å². The largest absolute Gasteiger partial charge is 0.416 e.